The molecule has 25 heavy (non-hydrogen) atoms. The minimum Gasteiger partial charge on any atom is -0.366 e. The zero-order valence-corrected chi connectivity index (χ0v) is 13.8. The molecule has 1 aromatic heterocycles. The zero-order valence-electron chi connectivity index (χ0n) is 13.0. The molecule has 0 aliphatic carbocycles. The minimum atomic E-state index is -0.380. The van der Waals surface area contributed by atoms with Crippen LogP contribution < -0.4 is 10.7 Å². The Morgan fingerprint density at radius 1 is 1.04 bits per heavy atom. The second-order valence-electron chi connectivity index (χ2n) is 5.08. The summed E-state index contributed by atoms with van der Waals surface area (Å²) in [5, 5.41) is 11.8. The third-order valence-electron chi connectivity index (χ3n) is 3.43. The lowest BCUT2D eigenvalue weighted by Gasteiger charge is -2.10. The summed E-state index contributed by atoms with van der Waals surface area (Å²) in [6, 6.07) is 17.8. The van der Waals surface area contributed by atoms with Crippen LogP contribution in [0.3, 0.4) is 0 Å². The third kappa shape index (κ3) is 3.79. The Bertz CT molecular complexity index is 1020. The number of nitriles is 1. The number of H-pyrrole nitrogens is 1. The van der Waals surface area contributed by atoms with Gasteiger partial charge in [0.2, 0.25) is 5.43 Å². The van der Waals surface area contributed by atoms with Gasteiger partial charge >= 0.3 is 0 Å². The molecule has 0 unspecified atom stereocenters. The molecule has 0 aliphatic rings. The van der Waals surface area contributed by atoms with E-state index in [1.165, 1.54) is 30.2 Å². The van der Waals surface area contributed by atoms with Crippen LogP contribution in [0.25, 0.3) is 0 Å². The van der Waals surface area contributed by atoms with Crippen molar-refractivity contribution in [3.63, 3.8) is 0 Å². The summed E-state index contributed by atoms with van der Waals surface area (Å²) in [5.74, 6) is -0.380. The maximum Gasteiger partial charge on any atom is 0.256 e. The van der Waals surface area contributed by atoms with Gasteiger partial charge in [-0.3, -0.25) is 9.59 Å². The van der Waals surface area contributed by atoms with E-state index in [-0.39, 0.29) is 17.0 Å². The molecule has 3 aromatic rings. The van der Waals surface area contributed by atoms with Gasteiger partial charge in [-0.15, -0.1) is 0 Å². The number of hydrogen-bond acceptors (Lipinski definition) is 4. The van der Waals surface area contributed by atoms with Crippen LogP contribution in [0, 0.1) is 11.3 Å². The minimum absolute atomic E-state index is 0.185. The average Bonchev–Trinajstić information content (AvgIpc) is 2.64. The fourth-order valence-corrected chi connectivity index (χ4v) is 3.24. The van der Waals surface area contributed by atoms with E-state index in [2.05, 4.69) is 16.4 Å². The molecule has 0 radical (unpaired) electrons. The van der Waals surface area contributed by atoms with Crippen LogP contribution in [0.1, 0.15) is 15.9 Å². The number of aromatic nitrogens is 1. The summed E-state index contributed by atoms with van der Waals surface area (Å²) < 4.78 is 0. The largest absolute Gasteiger partial charge is 0.366 e. The highest BCUT2D eigenvalue weighted by molar-refractivity contribution is 7.99. The number of amides is 1. The van der Waals surface area contributed by atoms with E-state index in [1.807, 2.05) is 24.3 Å². The maximum atomic E-state index is 12.6. The van der Waals surface area contributed by atoms with Gasteiger partial charge in [-0.1, -0.05) is 36.0 Å². The van der Waals surface area contributed by atoms with Crippen molar-refractivity contribution in [2.75, 3.05) is 5.32 Å². The molecule has 0 fully saturated rings. The van der Waals surface area contributed by atoms with Crippen molar-refractivity contribution in [3.8, 4) is 6.07 Å². The van der Waals surface area contributed by atoms with Gasteiger partial charge in [0.05, 0.1) is 11.1 Å². The van der Waals surface area contributed by atoms with Crippen LogP contribution in [0.2, 0.25) is 0 Å². The second kappa shape index (κ2) is 7.51. The molecular weight excluding hydrogens is 334 g/mol. The lowest BCUT2D eigenvalue weighted by molar-refractivity contribution is 0.102. The molecule has 2 aromatic carbocycles. The van der Waals surface area contributed by atoms with Crippen LogP contribution in [-0.4, -0.2) is 10.9 Å². The van der Waals surface area contributed by atoms with E-state index in [4.69, 9.17) is 0 Å². The lowest BCUT2D eigenvalue weighted by atomic mass is 10.2. The number of rotatable bonds is 4. The number of aromatic amines is 1. The molecule has 1 heterocycles. The second-order valence-corrected chi connectivity index (χ2v) is 6.17. The molecule has 0 saturated carbocycles. The molecule has 5 nitrogen and oxygen atoms in total. The Kier molecular flexibility index (Phi) is 4.97. The van der Waals surface area contributed by atoms with Gasteiger partial charge in [0.1, 0.15) is 11.8 Å². The van der Waals surface area contributed by atoms with E-state index in [0.717, 1.165) is 4.90 Å². The molecule has 0 aliphatic heterocycles. The topological polar surface area (TPSA) is 85.8 Å². The van der Waals surface area contributed by atoms with E-state index >= 15 is 0 Å². The first-order chi connectivity index (χ1) is 12.2. The van der Waals surface area contributed by atoms with Crippen LogP contribution >= 0.6 is 11.8 Å². The summed E-state index contributed by atoms with van der Waals surface area (Å²) in [6.45, 7) is 0. The van der Waals surface area contributed by atoms with E-state index in [9.17, 15) is 14.9 Å². The van der Waals surface area contributed by atoms with Gasteiger partial charge in [-0.05, 0) is 24.3 Å². The molecule has 0 saturated heterocycles. The monoisotopic (exact) mass is 347 g/mol. The van der Waals surface area contributed by atoms with Gasteiger partial charge in [-0.2, -0.15) is 5.26 Å². The van der Waals surface area contributed by atoms with Gasteiger partial charge in [0.15, 0.2) is 0 Å². The predicted molar refractivity (Wildman–Crippen MR) is 96.7 cm³/mol. The third-order valence-corrected chi connectivity index (χ3v) is 4.58. The van der Waals surface area contributed by atoms with Crippen molar-refractivity contribution < 1.29 is 4.79 Å². The van der Waals surface area contributed by atoms with Crippen molar-refractivity contribution in [1.29, 1.82) is 5.26 Å². The summed E-state index contributed by atoms with van der Waals surface area (Å²) >= 11 is 1.34. The summed E-state index contributed by atoms with van der Waals surface area (Å²) in [7, 11) is 0. The Balaban J connectivity index is 1.91. The quantitative estimate of drug-likeness (QED) is 0.754. The average molecular weight is 347 g/mol. The fraction of sp³-hybridized carbons (Fsp3) is 0. The summed E-state index contributed by atoms with van der Waals surface area (Å²) in [4.78, 5) is 28.6. The van der Waals surface area contributed by atoms with E-state index in [1.54, 1.807) is 24.3 Å². The zero-order chi connectivity index (χ0) is 17.6. The molecule has 1 amide bonds. The molecule has 0 bridgehead atoms. The highest BCUT2D eigenvalue weighted by Crippen LogP contribution is 2.32. The van der Waals surface area contributed by atoms with E-state index < -0.39 is 0 Å². The summed E-state index contributed by atoms with van der Waals surface area (Å²) in [6.07, 6.45) is 2.95. The fourth-order valence-electron chi connectivity index (χ4n) is 2.21. The normalized spacial score (nSPS) is 10.0. The number of carbonyl (C=O) groups is 1. The van der Waals surface area contributed by atoms with Crippen molar-refractivity contribution in [2.45, 2.75) is 9.79 Å². The van der Waals surface area contributed by atoms with Crippen molar-refractivity contribution >= 4 is 23.4 Å². The number of pyridine rings is 1. The Morgan fingerprint density at radius 2 is 1.76 bits per heavy atom. The number of nitrogens with zero attached hydrogens (tertiary/aromatic N) is 1. The molecule has 122 valence electrons. The first-order valence-corrected chi connectivity index (χ1v) is 8.25. The SMILES string of the molecule is N#Cc1ccccc1Sc1ccccc1C(=O)Nc1c[nH]ccc1=O. The lowest BCUT2D eigenvalue weighted by Crippen LogP contribution is -2.18. The summed E-state index contributed by atoms with van der Waals surface area (Å²) in [5.41, 5.74) is 0.891. The van der Waals surface area contributed by atoms with Crippen LogP contribution in [0.15, 0.2) is 81.6 Å². The van der Waals surface area contributed by atoms with Crippen molar-refractivity contribution in [2.24, 2.45) is 0 Å². The maximum absolute atomic E-state index is 12.6. The van der Waals surface area contributed by atoms with Gasteiger partial charge in [-0.25, -0.2) is 0 Å². The standard InChI is InChI=1S/C19H13N3O2S/c20-11-13-5-1-3-7-17(13)25-18-8-4-2-6-14(18)19(24)22-15-12-21-10-9-16(15)23/h1-10,12H,(H,21,23)(H,22,24). The van der Waals surface area contributed by atoms with Gasteiger partial charge < -0.3 is 10.3 Å². The predicted octanol–water partition coefficient (Wildman–Crippen LogP) is 3.65. The molecule has 2 N–H and O–H groups in total. The molecule has 6 heteroatoms. The van der Waals surface area contributed by atoms with Gasteiger partial charge in [0.25, 0.3) is 5.91 Å². The van der Waals surface area contributed by atoms with Crippen molar-refractivity contribution in [3.05, 3.63) is 88.3 Å². The van der Waals surface area contributed by atoms with Crippen molar-refractivity contribution in [1.82, 2.24) is 4.98 Å². The number of hydrogen-bond donors (Lipinski definition) is 2. The van der Waals surface area contributed by atoms with E-state index in [0.29, 0.717) is 16.0 Å². The molecule has 0 spiro atoms. The Labute approximate surface area is 148 Å². The molecule has 3 rings (SSSR count). The van der Waals surface area contributed by atoms with Crippen LogP contribution in [0.4, 0.5) is 5.69 Å². The molecule has 0 atom stereocenters. The first-order valence-electron chi connectivity index (χ1n) is 7.43. The number of nitrogens with one attached hydrogen (secondary N) is 2. The highest BCUT2D eigenvalue weighted by atomic mass is 32.2. The van der Waals surface area contributed by atoms with Crippen LogP contribution in [-0.2, 0) is 0 Å². The smallest absolute Gasteiger partial charge is 0.256 e. The Hall–Kier alpha value is -3.30. The number of anilines is 1. The molecular formula is C19H13N3O2S. The first kappa shape index (κ1) is 16.6. The number of carbonyl (C=O) groups excluding carboxylic acids is 1. The number of benzene rings is 2. The highest BCUT2D eigenvalue weighted by Gasteiger charge is 2.14. The van der Waals surface area contributed by atoms with Gasteiger partial charge in [0, 0.05) is 28.3 Å². The van der Waals surface area contributed by atoms with Crippen LogP contribution in [0.5, 0.6) is 0 Å². The Morgan fingerprint density at radius 3 is 2.52 bits per heavy atom.